The molecule has 0 saturated carbocycles. The molecule has 0 aliphatic carbocycles. The van der Waals surface area contributed by atoms with E-state index in [1.807, 2.05) is 26.0 Å². The Morgan fingerprint density at radius 2 is 2.12 bits per heavy atom. The van der Waals surface area contributed by atoms with E-state index < -0.39 is 0 Å². The largest absolute Gasteiger partial charge is 0.298 e. The standard InChI is InChI=1S/C13H12N2OS/c1-9-6-10(2)15-12(7-9)17-13-11(8-16)4-3-5-14-13/h3-8H,1-2H3. The second-order valence-corrected chi connectivity index (χ2v) is 4.75. The number of pyridine rings is 2. The highest BCUT2D eigenvalue weighted by Crippen LogP contribution is 2.27. The van der Waals surface area contributed by atoms with Crippen LogP contribution in [0.1, 0.15) is 21.6 Å². The van der Waals surface area contributed by atoms with Crippen LogP contribution in [0.2, 0.25) is 0 Å². The van der Waals surface area contributed by atoms with Gasteiger partial charge in [-0.15, -0.1) is 0 Å². The third-order valence-corrected chi connectivity index (χ3v) is 3.16. The minimum atomic E-state index is 0.596. The lowest BCUT2D eigenvalue weighted by molar-refractivity contribution is 0.112. The molecule has 0 bridgehead atoms. The first kappa shape index (κ1) is 11.8. The molecule has 0 aliphatic heterocycles. The fourth-order valence-corrected chi connectivity index (χ4v) is 2.51. The Hall–Kier alpha value is -1.68. The van der Waals surface area contributed by atoms with Crippen molar-refractivity contribution in [2.75, 3.05) is 0 Å². The van der Waals surface area contributed by atoms with Crippen molar-refractivity contribution in [1.29, 1.82) is 0 Å². The molecule has 2 rings (SSSR count). The zero-order chi connectivity index (χ0) is 12.3. The van der Waals surface area contributed by atoms with Gasteiger partial charge < -0.3 is 0 Å². The summed E-state index contributed by atoms with van der Waals surface area (Å²) in [4.78, 5) is 19.5. The Kier molecular flexibility index (Phi) is 3.54. The van der Waals surface area contributed by atoms with Gasteiger partial charge in [0.15, 0.2) is 6.29 Å². The summed E-state index contributed by atoms with van der Waals surface area (Å²) in [5.41, 5.74) is 2.72. The van der Waals surface area contributed by atoms with Gasteiger partial charge >= 0.3 is 0 Å². The Bertz CT molecular complexity index is 535. The SMILES string of the molecule is Cc1cc(C)nc(Sc2ncccc2C=O)c1. The zero-order valence-electron chi connectivity index (χ0n) is 9.68. The summed E-state index contributed by atoms with van der Waals surface area (Å²) in [5, 5.41) is 1.56. The van der Waals surface area contributed by atoms with Crippen LogP contribution in [-0.4, -0.2) is 16.3 Å². The number of carbonyl (C=O) groups is 1. The van der Waals surface area contributed by atoms with Crippen LogP contribution in [0.15, 0.2) is 40.5 Å². The fraction of sp³-hybridized carbons (Fsp3) is 0.154. The number of aryl methyl sites for hydroxylation is 2. The van der Waals surface area contributed by atoms with Crippen molar-refractivity contribution in [3.05, 3.63) is 47.3 Å². The van der Waals surface area contributed by atoms with Gasteiger partial charge in [-0.3, -0.25) is 4.79 Å². The van der Waals surface area contributed by atoms with E-state index in [0.29, 0.717) is 10.6 Å². The molecule has 3 nitrogen and oxygen atoms in total. The normalized spacial score (nSPS) is 10.2. The van der Waals surface area contributed by atoms with Gasteiger partial charge in [-0.05, 0) is 55.4 Å². The molecular weight excluding hydrogens is 232 g/mol. The quantitative estimate of drug-likeness (QED) is 0.778. The van der Waals surface area contributed by atoms with Gasteiger partial charge in [0.25, 0.3) is 0 Å². The van der Waals surface area contributed by atoms with Crippen LogP contribution in [0.5, 0.6) is 0 Å². The number of hydrogen-bond donors (Lipinski definition) is 0. The smallest absolute Gasteiger partial charge is 0.152 e. The highest BCUT2D eigenvalue weighted by Gasteiger charge is 2.06. The molecule has 0 amide bonds. The Balaban J connectivity index is 2.34. The Labute approximate surface area is 104 Å². The predicted octanol–water partition coefficient (Wildman–Crippen LogP) is 3.06. The predicted molar refractivity (Wildman–Crippen MR) is 67.5 cm³/mol. The lowest BCUT2D eigenvalue weighted by atomic mass is 10.3. The molecule has 0 N–H and O–H groups in total. The van der Waals surface area contributed by atoms with Crippen LogP contribution < -0.4 is 0 Å². The molecular formula is C13H12N2OS. The third-order valence-electron chi connectivity index (χ3n) is 2.20. The minimum Gasteiger partial charge on any atom is -0.298 e. The van der Waals surface area contributed by atoms with E-state index in [2.05, 4.69) is 9.97 Å². The summed E-state index contributed by atoms with van der Waals surface area (Å²) in [6, 6.07) is 7.51. The third kappa shape index (κ3) is 2.91. The molecule has 0 spiro atoms. The van der Waals surface area contributed by atoms with Gasteiger partial charge in [0.2, 0.25) is 0 Å². The number of aldehydes is 1. The summed E-state index contributed by atoms with van der Waals surface area (Å²) < 4.78 is 0. The number of nitrogens with zero attached hydrogens (tertiary/aromatic N) is 2. The molecule has 17 heavy (non-hydrogen) atoms. The molecule has 0 unspecified atom stereocenters. The maximum absolute atomic E-state index is 10.9. The van der Waals surface area contributed by atoms with Gasteiger partial charge in [0.1, 0.15) is 10.1 Å². The molecule has 0 fully saturated rings. The highest BCUT2D eigenvalue weighted by atomic mass is 32.2. The number of aromatic nitrogens is 2. The average molecular weight is 244 g/mol. The van der Waals surface area contributed by atoms with Gasteiger partial charge in [-0.25, -0.2) is 9.97 Å². The molecule has 86 valence electrons. The molecule has 0 aromatic carbocycles. The average Bonchev–Trinajstić information content (AvgIpc) is 2.28. The maximum atomic E-state index is 10.9. The van der Waals surface area contributed by atoms with Gasteiger partial charge in [-0.1, -0.05) is 0 Å². The first-order chi connectivity index (χ1) is 8.19. The lowest BCUT2D eigenvalue weighted by Crippen LogP contribution is -1.91. The first-order valence-electron chi connectivity index (χ1n) is 5.22. The van der Waals surface area contributed by atoms with Crippen LogP contribution in [0, 0.1) is 13.8 Å². The van der Waals surface area contributed by atoms with E-state index >= 15 is 0 Å². The van der Waals surface area contributed by atoms with Gasteiger partial charge in [0, 0.05) is 17.5 Å². The number of rotatable bonds is 3. The second kappa shape index (κ2) is 5.10. The van der Waals surface area contributed by atoms with Crippen LogP contribution in [-0.2, 0) is 0 Å². The van der Waals surface area contributed by atoms with E-state index in [0.717, 1.165) is 22.6 Å². The van der Waals surface area contributed by atoms with E-state index in [1.54, 1.807) is 18.3 Å². The molecule has 2 aromatic rings. The monoisotopic (exact) mass is 244 g/mol. The molecule has 4 heteroatoms. The summed E-state index contributed by atoms with van der Waals surface area (Å²) in [7, 11) is 0. The summed E-state index contributed by atoms with van der Waals surface area (Å²) in [6.45, 7) is 3.98. The van der Waals surface area contributed by atoms with Crippen molar-refractivity contribution in [3.8, 4) is 0 Å². The van der Waals surface area contributed by atoms with Crippen LogP contribution >= 0.6 is 11.8 Å². The van der Waals surface area contributed by atoms with Gasteiger partial charge in [0.05, 0.1) is 0 Å². The lowest BCUT2D eigenvalue weighted by Gasteiger charge is -2.04. The zero-order valence-corrected chi connectivity index (χ0v) is 10.5. The first-order valence-corrected chi connectivity index (χ1v) is 6.04. The van der Waals surface area contributed by atoms with Crippen LogP contribution in [0.3, 0.4) is 0 Å². The topological polar surface area (TPSA) is 42.9 Å². The van der Waals surface area contributed by atoms with E-state index in [-0.39, 0.29) is 0 Å². The molecule has 0 atom stereocenters. The summed E-state index contributed by atoms with van der Waals surface area (Å²) >= 11 is 1.41. The molecule has 2 aromatic heterocycles. The molecule has 0 saturated heterocycles. The van der Waals surface area contributed by atoms with Crippen LogP contribution in [0.25, 0.3) is 0 Å². The summed E-state index contributed by atoms with van der Waals surface area (Å²) in [5.74, 6) is 0. The second-order valence-electron chi connectivity index (χ2n) is 3.74. The summed E-state index contributed by atoms with van der Waals surface area (Å²) in [6.07, 6.45) is 2.50. The van der Waals surface area contributed by atoms with Crippen molar-refractivity contribution in [2.24, 2.45) is 0 Å². The van der Waals surface area contributed by atoms with E-state index in [1.165, 1.54) is 11.8 Å². The molecule has 2 heterocycles. The van der Waals surface area contributed by atoms with Crippen LogP contribution in [0.4, 0.5) is 0 Å². The van der Waals surface area contributed by atoms with Crippen molar-refractivity contribution in [1.82, 2.24) is 9.97 Å². The maximum Gasteiger partial charge on any atom is 0.152 e. The fourth-order valence-electron chi connectivity index (χ4n) is 1.53. The molecule has 0 radical (unpaired) electrons. The highest BCUT2D eigenvalue weighted by molar-refractivity contribution is 7.99. The number of hydrogen-bond acceptors (Lipinski definition) is 4. The minimum absolute atomic E-state index is 0.596. The van der Waals surface area contributed by atoms with E-state index in [9.17, 15) is 4.79 Å². The van der Waals surface area contributed by atoms with Crippen molar-refractivity contribution in [3.63, 3.8) is 0 Å². The Morgan fingerprint density at radius 1 is 1.29 bits per heavy atom. The van der Waals surface area contributed by atoms with E-state index in [4.69, 9.17) is 0 Å². The van der Waals surface area contributed by atoms with Gasteiger partial charge in [-0.2, -0.15) is 0 Å². The van der Waals surface area contributed by atoms with Crippen molar-refractivity contribution >= 4 is 18.0 Å². The Morgan fingerprint density at radius 3 is 2.82 bits per heavy atom. The van der Waals surface area contributed by atoms with Crippen molar-refractivity contribution < 1.29 is 4.79 Å². The molecule has 0 aliphatic rings. The van der Waals surface area contributed by atoms with Crippen molar-refractivity contribution in [2.45, 2.75) is 23.9 Å². The number of carbonyl (C=O) groups excluding carboxylic acids is 1.